The molecule has 3 aromatic carbocycles. The SMILES string of the molecule is CN(CCc1ccccc1)C(=O)[C@@H](Cc1ccc2ccccc2c1)N(C)C(=O)/C=C/CC(C)(C)N. The molecule has 0 aliphatic carbocycles. The van der Waals surface area contributed by atoms with Gasteiger partial charge >= 0.3 is 0 Å². The van der Waals surface area contributed by atoms with Crippen molar-refractivity contribution in [3.63, 3.8) is 0 Å². The molecule has 3 rings (SSSR count). The highest BCUT2D eigenvalue weighted by molar-refractivity contribution is 5.93. The second kappa shape index (κ2) is 11.8. The Labute approximate surface area is 209 Å². The van der Waals surface area contributed by atoms with Gasteiger partial charge in [0.25, 0.3) is 0 Å². The predicted octanol–water partition coefficient (Wildman–Crippen LogP) is 4.59. The van der Waals surface area contributed by atoms with Crippen molar-refractivity contribution in [2.75, 3.05) is 20.6 Å². The zero-order valence-corrected chi connectivity index (χ0v) is 21.3. The molecular formula is C30H37N3O2. The van der Waals surface area contributed by atoms with E-state index in [1.165, 1.54) is 11.6 Å². The fourth-order valence-corrected chi connectivity index (χ4v) is 4.02. The van der Waals surface area contributed by atoms with Gasteiger partial charge in [-0.05, 0) is 54.7 Å². The summed E-state index contributed by atoms with van der Waals surface area (Å²) in [6, 6.07) is 23.8. The quantitative estimate of drug-likeness (QED) is 0.440. The molecule has 0 saturated heterocycles. The highest BCUT2D eigenvalue weighted by atomic mass is 16.2. The van der Waals surface area contributed by atoms with Crippen molar-refractivity contribution in [3.05, 3.63) is 96.1 Å². The molecule has 0 heterocycles. The first-order valence-electron chi connectivity index (χ1n) is 12.1. The molecule has 2 N–H and O–H groups in total. The number of fused-ring (bicyclic) bond motifs is 1. The lowest BCUT2D eigenvalue weighted by atomic mass is 9.99. The highest BCUT2D eigenvalue weighted by Gasteiger charge is 2.29. The van der Waals surface area contributed by atoms with Crippen molar-refractivity contribution < 1.29 is 9.59 Å². The summed E-state index contributed by atoms with van der Waals surface area (Å²) in [6.07, 6.45) is 5.09. The number of rotatable bonds is 10. The smallest absolute Gasteiger partial charge is 0.246 e. The number of benzene rings is 3. The molecule has 5 nitrogen and oxygen atoms in total. The van der Waals surface area contributed by atoms with Gasteiger partial charge in [-0.25, -0.2) is 0 Å². The number of amides is 2. The van der Waals surface area contributed by atoms with Gasteiger partial charge in [-0.2, -0.15) is 0 Å². The summed E-state index contributed by atoms with van der Waals surface area (Å²) >= 11 is 0. The molecule has 0 fully saturated rings. The van der Waals surface area contributed by atoms with Crippen molar-refractivity contribution in [2.45, 2.75) is 44.7 Å². The lowest BCUT2D eigenvalue weighted by Gasteiger charge is -2.30. The molecule has 2 amide bonds. The minimum atomic E-state index is -0.611. The van der Waals surface area contributed by atoms with Gasteiger partial charge in [0.1, 0.15) is 6.04 Å². The first-order valence-corrected chi connectivity index (χ1v) is 12.1. The van der Waals surface area contributed by atoms with Crippen LogP contribution in [0.15, 0.2) is 84.9 Å². The van der Waals surface area contributed by atoms with Crippen LogP contribution in [0.4, 0.5) is 0 Å². The number of nitrogens with zero attached hydrogens (tertiary/aromatic N) is 2. The van der Waals surface area contributed by atoms with Gasteiger partial charge in [-0.1, -0.05) is 78.9 Å². The maximum Gasteiger partial charge on any atom is 0.246 e. The number of hydrogen-bond acceptors (Lipinski definition) is 3. The van der Waals surface area contributed by atoms with Crippen molar-refractivity contribution in [1.29, 1.82) is 0 Å². The fraction of sp³-hybridized carbons (Fsp3) is 0.333. The maximum atomic E-state index is 13.6. The molecule has 0 aromatic heterocycles. The van der Waals surface area contributed by atoms with E-state index >= 15 is 0 Å². The monoisotopic (exact) mass is 471 g/mol. The van der Waals surface area contributed by atoms with E-state index in [0.29, 0.717) is 19.4 Å². The van der Waals surface area contributed by atoms with Crippen molar-refractivity contribution in [1.82, 2.24) is 9.80 Å². The summed E-state index contributed by atoms with van der Waals surface area (Å²) < 4.78 is 0. The van der Waals surface area contributed by atoms with Crippen LogP contribution in [0.3, 0.4) is 0 Å². The van der Waals surface area contributed by atoms with E-state index in [4.69, 9.17) is 5.73 Å². The lowest BCUT2D eigenvalue weighted by Crippen LogP contribution is -2.49. The Morgan fingerprint density at radius 2 is 1.57 bits per heavy atom. The molecule has 184 valence electrons. The van der Waals surface area contributed by atoms with Crippen molar-refractivity contribution >= 4 is 22.6 Å². The Balaban J connectivity index is 1.80. The molecule has 0 spiro atoms. The van der Waals surface area contributed by atoms with Crippen molar-refractivity contribution in [2.24, 2.45) is 5.73 Å². The first kappa shape index (κ1) is 26.2. The summed E-state index contributed by atoms with van der Waals surface area (Å²) in [4.78, 5) is 29.9. The number of hydrogen-bond donors (Lipinski definition) is 1. The third-order valence-electron chi connectivity index (χ3n) is 6.20. The van der Waals surface area contributed by atoms with Crippen LogP contribution in [0, 0.1) is 0 Å². The largest absolute Gasteiger partial charge is 0.344 e. The average Bonchev–Trinajstić information content (AvgIpc) is 2.84. The third kappa shape index (κ3) is 7.79. The van der Waals surface area contributed by atoms with Crippen LogP contribution in [0.25, 0.3) is 10.8 Å². The summed E-state index contributed by atoms with van der Waals surface area (Å²) in [5, 5.41) is 2.27. The minimum Gasteiger partial charge on any atom is -0.344 e. The lowest BCUT2D eigenvalue weighted by molar-refractivity contribution is -0.141. The van der Waals surface area contributed by atoms with Crippen LogP contribution in [0.1, 0.15) is 31.4 Å². The van der Waals surface area contributed by atoms with Crippen LogP contribution in [0.5, 0.6) is 0 Å². The molecule has 35 heavy (non-hydrogen) atoms. The van der Waals surface area contributed by atoms with Gasteiger partial charge in [-0.3, -0.25) is 9.59 Å². The summed E-state index contributed by atoms with van der Waals surface area (Å²) in [5.41, 5.74) is 7.84. The molecule has 3 aromatic rings. The Morgan fingerprint density at radius 1 is 0.914 bits per heavy atom. The van der Waals surface area contributed by atoms with Gasteiger partial charge in [-0.15, -0.1) is 0 Å². The molecule has 0 aliphatic heterocycles. The maximum absolute atomic E-state index is 13.6. The van der Waals surface area contributed by atoms with Crippen LogP contribution in [-0.2, 0) is 22.4 Å². The number of carbonyl (C=O) groups excluding carboxylic acids is 2. The predicted molar refractivity (Wildman–Crippen MR) is 144 cm³/mol. The zero-order valence-electron chi connectivity index (χ0n) is 21.3. The summed E-state index contributed by atoms with van der Waals surface area (Å²) in [7, 11) is 3.51. The van der Waals surface area contributed by atoms with E-state index in [2.05, 4.69) is 36.4 Å². The van der Waals surface area contributed by atoms with E-state index in [0.717, 1.165) is 22.8 Å². The molecule has 0 saturated carbocycles. The Kier molecular flexibility index (Phi) is 8.83. The summed E-state index contributed by atoms with van der Waals surface area (Å²) in [6.45, 7) is 4.41. The second-order valence-corrected chi connectivity index (χ2v) is 9.94. The van der Waals surface area contributed by atoms with Gasteiger partial charge in [0.2, 0.25) is 11.8 Å². The first-order chi connectivity index (χ1) is 16.6. The van der Waals surface area contributed by atoms with E-state index in [1.54, 1.807) is 22.9 Å². The number of carbonyl (C=O) groups is 2. The van der Waals surface area contributed by atoms with Crippen LogP contribution < -0.4 is 5.73 Å². The summed E-state index contributed by atoms with van der Waals surface area (Å²) in [5.74, 6) is -0.276. The molecule has 5 heteroatoms. The van der Waals surface area contributed by atoms with Crippen LogP contribution >= 0.6 is 0 Å². The molecule has 0 radical (unpaired) electrons. The van der Waals surface area contributed by atoms with Gasteiger partial charge in [0, 0.05) is 32.6 Å². The van der Waals surface area contributed by atoms with E-state index in [1.807, 2.05) is 57.3 Å². The third-order valence-corrected chi connectivity index (χ3v) is 6.20. The fourth-order valence-electron chi connectivity index (χ4n) is 4.02. The van der Waals surface area contributed by atoms with Crippen LogP contribution in [0.2, 0.25) is 0 Å². The standard InChI is InChI=1S/C30H37N3O2/c1-30(2,31)19-10-15-28(34)33(4)27(22-24-16-17-25-13-8-9-14-26(25)21-24)29(35)32(3)20-18-23-11-6-5-7-12-23/h5-17,21,27H,18-20,22,31H2,1-4H3/b15-10+/t27-/m1/s1. The van der Waals surface area contributed by atoms with Gasteiger partial charge in [0.05, 0.1) is 0 Å². The van der Waals surface area contributed by atoms with Gasteiger partial charge in [0.15, 0.2) is 0 Å². The second-order valence-electron chi connectivity index (χ2n) is 9.94. The van der Waals surface area contributed by atoms with E-state index in [-0.39, 0.29) is 11.8 Å². The highest BCUT2D eigenvalue weighted by Crippen LogP contribution is 2.19. The Bertz CT molecular complexity index is 1160. The molecule has 0 bridgehead atoms. The number of likely N-dealkylation sites (N-methyl/N-ethyl adjacent to an activating group) is 2. The topological polar surface area (TPSA) is 66.6 Å². The van der Waals surface area contributed by atoms with E-state index in [9.17, 15) is 9.59 Å². The number of nitrogens with two attached hydrogens (primary N) is 1. The van der Waals surface area contributed by atoms with E-state index < -0.39 is 11.6 Å². The molecule has 0 unspecified atom stereocenters. The minimum absolute atomic E-state index is 0.0718. The Hall–Kier alpha value is -3.44. The van der Waals surface area contributed by atoms with Crippen LogP contribution in [-0.4, -0.2) is 53.8 Å². The molecule has 0 aliphatic rings. The zero-order chi connectivity index (χ0) is 25.4. The molecule has 1 atom stereocenters. The van der Waals surface area contributed by atoms with Gasteiger partial charge < -0.3 is 15.5 Å². The van der Waals surface area contributed by atoms with Crippen molar-refractivity contribution in [3.8, 4) is 0 Å². The average molecular weight is 472 g/mol. The Morgan fingerprint density at radius 3 is 2.26 bits per heavy atom. The molecular weight excluding hydrogens is 434 g/mol. The normalized spacial score (nSPS) is 12.6.